The zero-order valence-corrected chi connectivity index (χ0v) is 13.2. The number of aryl methyl sites for hydroxylation is 2. The molecule has 0 spiro atoms. The topological polar surface area (TPSA) is 32.3 Å². The molecule has 2 fully saturated rings. The minimum atomic E-state index is 0.239. The molecular weight excluding hydrogens is 260 g/mol. The maximum Gasteiger partial charge on any atom is 0.254 e. The van der Waals surface area contributed by atoms with E-state index in [1.807, 2.05) is 12.1 Å². The number of carbonyl (C=O) groups excluding carboxylic acids is 1. The van der Waals surface area contributed by atoms with Crippen LogP contribution in [0.5, 0.6) is 0 Å². The third-order valence-electron chi connectivity index (χ3n) is 4.96. The molecule has 3 rings (SSSR count). The van der Waals surface area contributed by atoms with Gasteiger partial charge in [0.05, 0.1) is 0 Å². The van der Waals surface area contributed by atoms with Gasteiger partial charge in [0.2, 0.25) is 0 Å². The predicted octanol–water partition coefficient (Wildman–Crippen LogP) is 2.91. The number of carbonyl (C=O) groups is 1. The zero-order valence-electron chi connectivity index (χ0n) is 13.2. The Morgan fingerprint density at radius 2 is 1.76 bits per heavy atom. The Balaban J connectivity index is 1.79. The summed E-state index contributed by atoms with van der Waals surface area (Å²) in [5.74, 6) is 0.923. The number of hydrogen-bond acceptors (Lipinski definition) is 2. The molecule has 0 aromatic heterocycles. The third kappa shape index (κ3) is 3.13. The molecule has 0 radical (unpaired) electrons. The number of amides is 1. The molecule has 1 aromatic carbocycles. The summed E-state index contributed by atoms with van der Waals surface area (Å²) in [7, 11) is 0. The predicted molar refractivity (Wildman–Crippen MR) is 85.6 cm³/mol. The standard InChI is InChI=1S/C18H26N2O/c1-13-10-14(2)12-16(11-13)18(21)20-9-3-4-17(20)15-5-7-19-8-6-15/h10-12,15,17,19H,3-9H2,1-2H3. The molecule has 21 heavy (non-hydrogen) atoms. The van der Waals surface area contributed by atoms with Crippen LogP contribution in [-0.4, -0.2) is 36.5 Å². The summed E-state index contributed by atoms with van der Waals surface area (Å²) in [5, 5.41) is 3.43. The van der Waals surface area contributed by atoms with Gasteiger partial charge in [-0.05, 0) is 70.7 Å². The van der Waals surface area contributed by atoms with E-state index >= 15 is 0 Å². The molecule has 0 bridgehead atoms. The molecular formula is C18H26N2O. The largest absolute Gasteiger partial charge is 0.335 e. The second kappa shape index (κ2) is 6.18. The van der Waals surface area contributed by atoms with E-state index in [-0.39, 0.29) is 5.91 Å². The minimum Gasteiger partial charge on any atom is -0.335 e. The zero-order chi connectivity index (χ0) is 14.8. The van der Waals surface area contributed by atoms with Crippen LogP contribution < -0.4 is 5.32 Å². The van der Waals surface area contributed by atoms with E-state index in [4.69, 9.17) is 0 Å². The molecule has 1 atom stereocenters. The summed E-state index contributed by atoms with van der Waals surface area (Å²) in [6.07, 6.45) is 4.76. The molecule has 1 aromatic rings. The monoisotopic (exact) mass is 286 g/mol. The fourth-order valence-corrected chi connectivity index (χ4v) is 4.03. The Kier molecular flexibility index (Phi) is 4.29. The van der Waals surface area contributed by atoms with E-state index in [0.29, 0.717) is 12.0 Å². The minimum absolute atomic E-state index is 0.239. The Morgan fingerprint density at radius 1 is 1.10 bits per heavy atom. The van der Waals surface area contributed by atoms with Gasteiger partial charge in [-0.2, -0.15) is 0 Å². The van der Waals surface area contributed by atoms with Crippen LogP contribution in [0.3, 0.4) is 0 Å². The Morgan fingerprint density at radius 3 is 2.43 bits per heavy atom. The van der Waals surface area contributed by atoms with Gasteiger partial charge in [-0.3, -0.25) is 4.79 Å². The van der Waals surface area contributed by atoms with Gasteiger partial charge in [0.25, 0.3) is 5.91 Å². The van der Waals surface area contributed by atoms with Crippen molar-refractivity contribution in [2.24, 2.45) is 5.92 Å². The number of rotatable bonds is 2. The van der Waals surface area contributed by atoms with Crippen molar-refractivity contribution in [2.45, 2.75) is 45.6 Å². The van der Waals surface area contributed by atoms with Crippen LogP contribution in [0.1, 0.15) is 47.2 Å². The van der Waals surface area contributed by atoms with Gasteiger partial charge in [-0.25, -0.2) is 0 Å². The number of hydrogen-bond donors (Lipinski definition) is 1. The van der Waals surface area contributed by atoms with E-state index in [1.165, 1.54) is 30.4 Å². The number of nitrogens with one attached hydrogen (secondary N) is 1. The number of likely N-dealkylation sites (tertiary alicyclic amines) is 1. The van der Waals surface area contributed by atoms with Gasteiger partial charge in [0, 0.05) is 18.2 Å². The Bertz CT molecular complexity index is 500. The highest BCUT2D eigenvalue weighted by Gasteiger charge is 2.35. The van der Waals surface area contributed by atoms with E-state index in [1.54, 1.807) is 0 Å². The van der Waals surface area contributed by atoms with Gasteiger partial charge in [-0.15, -0.1) is 0 Å². The van der Waals surface area contributed by atoms with Crippen molar-refractivity contribution >= 4 is 5.91 Å². The molecule has 2 aliphatic rings. The Hall–Kier alpha value is -1.35. The maximum atomic E-state index is 12.9. The molecule has 3 nitrogen and oxygen atoms in total. The average molecular weight is 286 g/mol. The first-order valence-corrected chi connectivity index (χ1v) is 8.25. The van der Waals surface area contributed by atoms with Gasteiger partial charge < -0.3 is 10.2 Å². The van der Waals surface area contributed by atoms with Crippen LogP contribution in [0.2, 0.25) is 0 Å². The molecule has 3 heteroatoms. The smallest absolute Gasteiger partial charge is 0.254 e. The van der Waals surface area contributed by atoms with Crippen LogP contribution >= 0.6 is 0 Å². The molecule has 1 unspecified atom stereocenters. The summed E-state index contributed by atoms with van der Waals surface area (Å²) in [6, 6.07) is 6.66. The lowest BCUT2D eigenvalue weighted by Gasteiger charge is -2.34. The summed E-state index contributed by atoms with van der Waals surface area (Å²) in [4.78, 5) is 15.1. The normalized spacial score (nSPS) is 23.5. The first-order chi connectivity index (χ1) is 10.1. The summed E-state index contributed by atoms with van der Waals surface area (Å²) in [5.41, 5.74) is 3.22. The SMILES string of the molecule is Cc1cc(C)cc(C(=O)N2CCCC2C2CCNCC2)c1. The first kappa shape index (κ1) is 14.6. The Labute approximate surface area is 127 Å². The van der Waals surface area contributed by atoms with Gasteiger partial charge in [0.1, 0.15) is 0 Å². The molecule has 0 aliphatic carbocycles. The fourth-order valence-electron chi connectivity index (χ4n) is 4.03. The highest BCUT2D eigenvalue weighted by molar-refractivity contribution is 5.95. The van der Waals surface area contributed by atoms with Crippen LogP contribution in [0.4, 0.5) is 0 Å². The van der Waals surface area contributed by atoms with Crippen LogP contribution in [0.15, 0.2) is 18.2 Å². The highest BCUT2D eigenvalue weighted by Crippen LogP contribution is 2.30. The lowest BCUT2D eigenvalue weighted by atomic mass is 9.88. The van der Waals surface area contributed by atoms with Crippen LogP contribution in [-0.2, 0) is 0 Å². The van der Waals surface area contributed by atoms with Crippen molar-refractivity contribution in [3.8, 4) is 0 Å². The van der Waals surface area contributed by atoms with E-state index < -0.39 is 0 Å². The first-order valence-electron chi connectivity index (χ1n) is 8.25. The number of nitrogens with zero attached hydrogens (tertiary/aromatic N) is 1. The van der Waals surface area contributed by atoms with E-state index in [0.717, 1.165) is 31.6 Å². The molecule has 2 aliphatic heterocycles. The summed E-state index contributed by atoms with van der Waals surface area (Å²) < 4.78 is 0. The van der Waals surface area contributed by atoms with E-state index in [2.05, 4.69) is 30.1 Å². The lowest BCUT2D eigenvalue weighted by Crippen LogP contribution is -2.43. The van der Waals surface area contributed by atoms with Crippen molar-refractivity contribution in [3.05, 3.63) is 34.9 Å². The fraction of sp³-hybridized carbons (Fsp3) is 0.611. The van der Waals surface area contributed by atoms with Gasteiger partial charge in [0.15, 0.2) is 0 Å². The summed E-state index contributed by atoms with van der Waals surface area (Å²) >= 11 is 0. The molecule has 1 amide bonds. The quantitative estimate of drug-likeness (QED) is 0.906. The average Bonchev–Trinajstić information content (AvgIpc) is 2.95. The molecule has 2 heterocycles. The molecule has 2 saturated heterocycles. The number of benzene rings is 1. The molecule has 0 saturated carbocycles. The lowest BCUT2D eigenvalue weighted by molar-refractivity contribution is 0.0666. The van der Waals surface area contributed by atoms with Crippen molar-refractivity contribution in [3.63, 3.8) is 0 Å². The van der Waals surface area contributed by atoms with Crippen molar-refractivity contribution in [2.75, 3.05) is 19.6 Å². The van der Waals surface area contributed by atoms with E-state index in [9.17, 15) is 4.79 Å². The van der Waals surface area contributed by atoms with Crippen molar-refractivity contribution in [1.82, 2.24) is 10.2 Å². The van der Waals surface area contributed by atoms with Crippen molar-refractivity contribution < 1.29 is 4.79 Å². The van der Waals surface area contributed by atoms with Crippen LogP contribution in [0.25, 0.3) is 0 Å². The second-order valence-electron chi connectivity index (χ2n) is 6.67. The highest BCUT2D eigenvalue weighted by atomic mass is 16.2. The van der Waals surface area contributed by atoms with Gasteiger partial charge in [-0.1, -0.05) is 17.2 Å². The second-order valence-corrected chi connectivity index (χ2v) is 6.67. The third-order valence-corrected chi connectivity index (χ3v) is 4.96. The summed E-state index contributed by atoms with van der Waals surface area (Å²) in [6.45, 7) is 7.27. The number of piperidine rings is 1. The van der Waals surface area contributed by atoms with Crippen molar-refractivity contribution in [1.29, 1.82) is 0 Å². The van der Waals surface area contributed by atoms with Gasteiger partial charge >= 0.3 is 0 Å². The molecule has 114 valence electrons. The maximum absolute atomic E-state index is 12.9. The van der Waals surface area contributed by atoms with Crippen LogP contribution in [0, 0.1) is 19.8 Å². The molecule has 1 N–H and O–H groups in total.